The Bertz CT molecular complexity index is 516. The predicted molar refractivity (Wildman–Crippen MR) is 70.6 cm³/mol. The molecule has 2 fully saturated rings. The molecule has 0 aromatic heterocycles. The van der Waals surface area contributed by atoms with Gasteiger partial charge in [-0.2, -0.15) is 0 Å². The third-order valence-corrected chi connectivity index (χ3v) is 5.17. The van der Waals surface area contributed by atoms with E-state index in [1.807, 2.05) is 0 Å². The van der Waals surface area contributed by atoms with Crippen molar-refractivity contribution in [3.05, 3.63) is 23.8 Å². The number of hydrogen-bond acceptors (Lipinski definition) is 5. The average Bonchev–Trinajstić information content (AvgIpc) is 2.77. The molecule has 0 radical (unpaired) electrons. The number of fused-ring (bicyclic) bond motifs is 2. The second-order valence-electron chi connectivity index (χ2n) is 6.60. The summed E-state index contributed by atoms with van der Waals surface area (Å²) in [6.07, 6.45) is 0.642. The Labute approximate surface area is 117 Å². The Morgan fingerprint density at radius 1 is 1.40 bits per heavy atom. The summed E-state index contributed by atoms with van der Waals surface area (Å²) in [6, 6.07) is 0. The molecule has 0 spiro atoms. The summed E-state index contributed by atoms with van der Waals surface area (Å²) in [7, 11) is 0. The van der Waals surface area contributed by atoms with Crippen LogP contribution in [-0.4, -0.2) is 44.7 Å². The second-order valence-corrected chi connectivity index (χ2v) is 6.60. The van der Waals surface area contributed by atoms with Crippen LogP contribution in [0.3, 0.4) is 0 Å². The fraction of sp³-hybridized carbons (Fsp3) is 0.667. The van der Waals surface area contributed by atoms with E-state index >= 15 is 0 Å². The first-order chi connectivity index (χ1) is 9.16. The lowest BCUT2D eigenvalue weighted by molar-refractivity contribution is -0.152. The fourth-order valence-electron chi connectivity index (χ4n) is 3.81. The van der Waals surface area contributed by atoms with Gasteiger partial charge in [-0.3, -0.25) is 0 Å². The lowest BCUT2D eigenvalue weighted by atomic mass is 9.78. The van der Waals surface area contributed by atoms with Gasteiger partial charge in [-0.15, -0.1) is 0 Å². The summed E-state index contributed by atoms with van der Waals surface area (Å²) < 4.78 is 5.18. The summed E-state index contributed by atoms with van der Waals surface area (Å²) in [5.41, 5.74) is -1.56. The lowest BCUT2D eigenvalue weighted by Crippen LogP contribution is -2.49. The quantitative estimate of drug-likeness (QED) is 0.337. The van der Waals surface area contributed by atoms with E-state index in [-0.39, 0.29) is 11.8 Å². The van der Waals surface area contributed by atoms with Crippen LogP contribution in [0, 0.1) is 11.8 Å². The molecule has 0 bridgehead atoms. The third kappa shape index (κ3) is 1.63. The highest BCUT2D eigenvalue weighted by Gasteiger charge is 2.58. The van der Waals surface area contributed by atoms with Crippen LogP contribution in [0.4, 0.5) is 0 Å². The smallest absolute Gasteiger partial charge is 0.334 e. The minimum atomic E-state index is -1.52. The van der Waals surface area contributed by atoms with Gasteiger partial charge in [0.1, 0.15) is 17.8 Å². The Morgan fingerprint density at radius 3 is 2.70 bits per heavy atom. The van der Waals surface area contributed by atoms with Gasteiger partial charge in [0, 0.05) is 17.4 Å². The van der Waals surface area contributed by atoms with Gasteiger partial charge in [-0.05, 0) is 32.3 Å². The first-order valence-electron chi connectivity index (χ1n) is 6.89. The lowest BCUT2D eigenvalue weighted by Gasteiger charge is -2.35. The van der Waals surface area contributed by atoms with E-state index in [1.54, 1.807) is 13.0 Å². The van der Waals surface area contributed by atoms with Gasteiger partial charge in [0.2, 0.25) is 0 Å². The Morgan fingerprint density at radius 2 is 2.05 bits per heavy atom. The maximum Gasteiger partial charge on any atom is 0.334 e. The Hall–Kier alpha value is -1.17. The van der Waals surface area contributed by atoms with Gasteiger partial charge in [0.15, 0.2) is 0 Å². The van der Waals surface area contributed by atoms with Crippen molar-refractivity contribution in [1.29, 1.82) is 0 Å². The third-order valence-electron chi connectivity index (χ3n) is 5.17. The zero-order valence-electron chi connectivity index (χ0n) is 11.7. The van der Waals surface area contributed by atoms with Crippen LogP contribution in [-0.2, 0) is 9.53 Å². The van der Waals surface area contributed by atoms with Crippen molar-refractivity contribution in [2.24, 2.45) is 11.8 Å². The van der Waals surface area contributed by atoms with E-state index in [0.29, 0.717) is 24.0 Å². The van der Waals surface area contributed by atoms with Crippen molar-refractivity contribution >= 4 is 5.97 Å². The number of aliphatic hydroxyl groups excluding tert-OH is 1. The van der Waals surface area contributed by atoms with Crippen LogP contribution >= 0.6 is 0 Å². The molecule has 1 heterocycles. The molecular weight excluding hydrogens is 260 g/mol. The largest absolute Gasteiger partial charge is 0.455 e. The van der Waals surface area contributed by atoms with Crippen LogP contribution in [0.5, 0.6) is 0 Å². The van der Waals surface area contributed by atoms with Crippen LogP contribution < -0.4 is 0 Å². The van der Waals surface area contributed by atoms with Gasteiger partial charge in [0.25, 0.3) is 0 Å². The molecule has 20 heavy (non-hydrogen) atoms. The van der Waals surface area contributed by atoms with E-state index in [9.17, 15) is 20.1 Å². The predicted octanol–water partition coefficient (Wildman–Crippen LogP) is 0.297. The SMILES string of the molecule is C=C1C(=O)OC2C1CC1C(=CCC1(C)O)C(C)(O)C2O. The van der Waals surface area contributed by atoms with Crippen molar-refractivity contribution in [3.8, 4) is 0 Å². The highest BCUT2D eigenvalue weighted by Crippen LogP contribution is 2.51. The first-order valence-corrected chi connectivity index (χ1v) is 6.89. The summed E-state index contributed by atoms with van der Waals surface area (Å²) in [5.74, 6) is -1.21. The fourth-order valence-corrected chi connectivity index (χ4v) is 3.81. The van der Waals surface area contributed by atoms with Gasteiger partial charge < -0.3 is 20.1 Å². The molecule has 3 N–H and O–H groups in total. The Balaban J connectivity index is 2.08. The summed E-state index contributed by atoms with van der Waals surface area (Å²) in [5, 5.41) is 31.6. The topological polar surface area (TPSA) is 87.0 Å². The van der Waals surface area contributed by atoms with Crippen LogP contribution in [0.2, 0.25) is 0 Å². The highest BCUT2D eigenvalue weighted by atomic mass is 16.6. The molecule has 3 rings (SSSR count). The van der Waals surface area contributed by atoms with Gasteiger partial charge in [0.05, 0.1) is 5.60 Å². The molecular formula is C15H20O5. The van der Waals surface area contributed by atoms with E-state index < -0.39 is 29.4 Å². The van der Waals surface area contributed by atoms with Gasteiger partial charge in [-0.25, -0.2) is 4.79 Å². The summed E-state index contributed by atoms with van der Waals surface area (Å²) in [6.45, 7) is 6.96. The van der Waals surface area contributed by atoms with Crippen LogP contribution in [0.25, 0.3) is 0 Å². The molecule has 0 aromatic carbocycles. The maximum absolute atomic E-state index is 11.7. The minimum Gasteiger partial charge on any atom is -0.455 e. The number of hydrogen-bond donors (Lipinski definition) is 3. The van der Waals surface area contributed by atoms with Crippen LogP contribution in [0.1, 0.15) is 26.7 Å². The molecule has 110 valence electrons. The molecule has 3 aliphatic rings. The number of carbonyl (C=O) groups is 1. The van der Waals surface area contributed by atoms with E-state index in [4.69, 9.17) is 4.74 Å². The number of rotatable bonds is 0. The minimum absolute atomic E-state index is 0.312. The monoisotopic (exact) mass is 280 g/mol. The van der Waals surface area contributed by atoms with Crippen molar-refractivity contribution < 1.29 is 24.9 Å². The maximum atomic E-state index is 11.7. The Kier molecular flexibility index (Phi) is 2.71. The molecule has 0 aromatic rings. The van der Waals surface area contributed by atoms with Gasteiger partial charge in [-0.1, -0.05) is 12.7 Å². The molecule has 6 unspecified atom stereocenters. The summed E-state index contributed by atoms with van der Waals surface area (Å²) in [4.78, 5) is 11.7. The molecule has 5 nitrogen and oxygen atoms in total. The molecule has 1 saturated heterocycles. The molecule has 2 aliphatic carbocycles. The van der Waals surface area contributed by atoms with Crippen molar-refractivity contribution in [2.75, 3.05) is 0 Å². The molecule has 5 heteroatoms. The zero-order valence-corrected chi connectivity index (χ0v) is 11.7. The second kappa shape index (κ2) is 3.93. The number of carbonyl (C=O) groups excluding carboxylic acids is 1. The number of esters is 1. The molecule has 0 amide bonds. The summed E-state index contributed by atoms with van der Waals surface area (Å²) >= 11 is 0. The zero-order chi connectivity index (χ0) is 14.9. The first kappa shape index (κ1) is 13.8. The number of ether oxygens (including phenoxy) is 1. The van der Waals surface area contributed by atoms with Crippen molar-refractivity contribution in [3.63, 3.8) is 0 Å². The standard InChI is InChI=1S/C15H20O5/c1-7-8-6-10-9(4-5-14(10,2)18)15(3,19)12(16)11(8)20-13(7)17/h4,8,10-12,16,18-19H,1,5-6H2,2-3H3. The van der Waals surface area contributed by atoms with E-state index in [1.165, 1.54) is 6.92 Å². The van der Waals surface area contributed by atoms with Crippen LogP contribution in [0.15, 0.2) is 23.8 Å². The van der Waals surface area contributed by atoms with E-state index in [0.717, 1.165) is 0 Å². The van der Waals surface area contributed by atoms with E-state index in [2.05, 4.69) is 6.58 Å². The molecule has 1 saturated carbocycles. The normalized spacial score (nSPS) is 51.1. The molecule has 1 aliphatic heterocycles. The average molecular weight is 280 g/mol. The highest BCUT2D eigenvalue weighted by molar-refractivity contribution is 5.91. The molecule has 6 atom stereocenters. The number of aliphatic hydroxyl groups is 3. The van der Waals surface area contributed by atoms with Gasteiger partial charge >= 0.3 is 5.97 Å². The van der Waals surface area contributed by atoms with Crippen molar-refractivity contribution in [1.82, 2.24) is 0 Å². The van der Waals surface area contributed by atoms with Crippen molar-refractivity contribution in [2.45, 2.75) is 50.1 Å².